The van der Waals surface area contributed by atoms with Gasteiger partial charge in [0.05, 0.1) is 28.7 Å². The van der Waals surface area contributed by atoms with Crippen molar-refractivity contribution >= 4 is 35.6 Å². The maximum atomic E-state index is 13.9. The van der Waals surface area contributed by atoms with Crippen LogP contribution >= 0.6 is 0 Å². The van der Waals surface area contributed by atoms with Gasteiger partial charge in [-0.05, 0) is 17.4 Å². The molecule has 6 heteroatoms. The molecule has 1 aromatic rings. The van der Waals surface area contributed by atoms with Crippen LogP contribution in [0.1, 0.15) is 38.7 Å². The molecule has 0 radical (unpaired) electrons. The van der Waals surface area contributed by atoms with Gasteiger partial charge in [-0.25, -0.2) is 0 Å². The number of carbonyl (C=O) groups excluding carboxylic acids is 1. The van der Waals surface area contributed by atoms with E-state index in [4.69, 9.17) is 4.43 Å². The van der Waals surface area contributed by atoms with Crippen LogP contribution in [0.15, 0.2) is 30.3 Å². The summed E-state index contributed by atoms with van der Waals surface area (Å²) in [5.41, 5.74) is 1.17. The molecule has 160 valence electrons. The van der Waals surface area contributed by atoms with Crippen LogP contribution in [-0.2, 0) is 9.22 Å². The van der Waals surface area contributed by atoms with Gasteiger partial charge in [0.1, 0.15) is 0 Å². The first-order chi connectivity index (χ1) is 12.3. The molecule has 0 N–H and O–H groups in total. The third-order valence-corrected chi connectivity index (χ3v) is 73.0. The molecule has 0 aliphatic carbocycles. The Hall–Kier alpha value is -0.442. The van der Waals surface area contributed by atoms with Crippen LogP contribution in [0.3, 0.4) is 0 Å². The summed E-state index contributed by atoms with van der Waals surface area (Å²) in [6.07, 6.45) is 0.823. The van der Waals surface area contributed by atoms with Crippen LogP contribution < -0.4 is 0 Å². The zero-order valence-corrected chi connectivity index (χ0v) is 24.5. The van der Waals surface area contributed by atoms with Gasteiger partial charge in [0, 0.05) is 0 Å². The van der Waals surface area contributed by atoms with E-state index in [-0.39, 0.29) is 17.3 Å². The maximum Gasteiger partial charge on any atom is 0.299 e. The fourth-order valence-corrected chi connectivity index (χ4v) is 98.5. The minimum Gasteiger partial charge on any atom is -0.527 e. The lowest BCUT2D eigenvalue weighted by molar-refractivity contribution is -0.137. The summed E-state index contributed by atoms with van der Waals surface area (Å²) in [6.45, 7) is 26.7. The van der Waals surface area contributed by atoms with Crippen molar-refractivity contribution in [3.63, 3.8) is 0 Å². The molecular weight excluding hydrogens is 409 g/mol. The quantitative estimate of drug-likeness (QED) is 0.418. The minimum absolute atomic E-state index is 0.0556. The van der Waals surface area contributed by atoms with Gasteiger partial charge in [0.2, 0.25) is 6.87 Å². The largest absolute Gasteiger partial charge is 0.527 e. The molecule has 0 spiro atoms. The maximum absolute atomic E-state index is 13.9. The third-order valence-electron chi connectivity index (χ3n) is 5.73. The average molecular weight is 453 g/mol. The smallest absolute Gasteiger partial charge is 0.299 e. The van der Waals surface area contributed by atoms with Crippen molar-refractivity contribution in [1.29, 1.82) is 0 Å². The van der Waals surface area contributed by atoms with E-state index in [0.29, 0.717) is 0 Å². The summed E-state index contributed by atoms with van der Waals surface area (Å²) in [5, 5.41) is 0. The molecule has 0 bridgehead atoms. The highest BCUT2D eigenvalue weighted by Gasteiger charge is 2.66. The zero-order chi connectivity index (χ0) is 22.2. The molecule has 1 rings (SSSR count). The Morgan fingerprint density at radius 2 is 1.21 bits per heavy atom. The van der Waals surface area contributed by atoms with Crippen molar-refractivity contribution in [3.05, 3.63) is 35.9 Å². The number of rotatable bonds is 7. The van der Waals surface area contributed by atoms with E-state index in [0.717, 1.165) is 12.0 Å². The van der Waals surface area contributed by atoms with Crippen LogP contribution in [0, 0.1) is 5.41 Å². The fraction of sp³-hybridized carbons (Fsp3) is 0.682. The first-order valence-electron chi connectivity index (χ1n) is 10.6. The molecule has 1 aromatic carbocycles. The fourth-order valence-electron chi connectivity index (χ4n) is 5.69. The van der Waals surface area contributed by atoms with Crippen LogP contribution in [-0.4, -0.2) is 35.6 Å². The number of benzene rings is 1. The van der Waals surface area contributed by atoms with E-state index in [1.165, 1.54) is 0 Å². The Morgan fingerprint density at radius 3 is 1.54 bits per heavy atom. The lowest BCUT2D eigenvalue weighted by Crippen LogP contribution is -2.84. The summed E-state index contributed by atoms with van der Waals surface area (Å²) in [4.78, 5) is 13.9. The van der Waals surface area contributed by atoms with E-state index < -0.39 is 29.6 Å². The second-order valence-electron chi connectivity index (χ2n) is 12.6. The summed E-state index contributed by atoms with van der Waals surface area (Å²) in [5.74, 6) is -0.114. The third kappa shape index (κ3) is 5.58. The van der Waals surface area contributed by atoms with Gasteiger partial charge in [-0.15, -0.1) is 0 Å². The molecule has 0 fully saturated rings. The molecule has 0 aliphatic rings. The van der Waals surface area contributed by atoms with Gasteiger partial charge >= 0.3 is 0 Å². The SMILES string of the molecule is CC(C)(C)CC(C(=O)O[Si]([Si](C)(C)C)([Si](C)(C)C)[Si](C)(C)C)c1ccccc1. The minimum atomic E-state index is -2.17. The number of carbonyl (C=O) groups is 1. The highest BCUT2D eigenvalue weighted by Crippen LogP contribution is 2.40. The summed E-state index contributed by atoms with van der Waals surface area (Å²) in [7, 11) is -4.97. The Morgan fingerprint density at radius 1 is 0.821 bits per heavy atom. The van der Waals surface area contributed by atoms with Crippen molar-refractivity contribution in [1.82, 2.24) is 0 Å². The summed E-state index contributed by atoms with van der Waals surface area (Å²) in [6, 6.07) is 10.3. The Balaban J connectivity index is 3.53. The first kappa shape index (κ1) is 25.6. The number of hydrogen-bond acceptors (Lipinski definition) is 2. The molecule has 0 amide bonds. The first-order valence-corrected chi connectivity index (χ1v) is 26.0. The van der Waals surface area contributed by atoms with Crippen molar-refractivity contribution < 1.29 is 9.22 Å². The molecule has 28 heavy (non-hydrogen) atoms. The van der Waals surface area contributed by atoms with Crippen LogP contribution in [0.5, 0.6) is 0 Å². The Labute approximate surface area is 178 Å². The molecule has 0 aliphatic heterocycles. The standard InChI is InChI=1S/C22H44O2Si4/c1-22(2,3)18-20(19-16-14-13-15-17-19)21(23)24-28(25(4,5)6,26(7,8)9)27(10,11)12/h13-17,20H,18H2,1-12H3. The zero-order valence-electron chi connectivity index (χ0n) is 20.5. The molecule has 0 heterocycles. The van der Waals surface area contributed by atoms with Gasteiger partial charge in [-0.3, -0.25) is 4.79 Å². The number of hydrogen-bond donors (Lipinski definition) is 0. The Bertz CT molecular complexity index is 623. The average Bonchev–Trinajstić information content (AvgIpc) is 2.46. The van der Waals surface area contributed by atoms with E-state index in [1.807, 2.05) is 18.2 Å². The molecule has 1 atom stereocenters. The van der Waals surface area contributed by atoms with Gasteiger partial charge < -0.3 is 4.43 Å². The van der Waals surface area contributed by atoms with Gasteiger partial charge in [-0.2, -0.15) is 0 Å². The molecular formula is C22H44O2Si4. The molecule has 0 saturated carbocycles. The lowest BCUT2D eigenvalue weighted by Gasteiger charge is -2.55. The van der Waals surface area contributed by atoms with Crippen LogP contribution in [0.4, 0.5) is 0 Å². The van der Waals surface area contributed by atoms with Crippen LogP contribution in [0.2, 0.25) is 58.9 Å². The van der Waals surface area contributed by atoms with Crippen LogP contribution in [0.25, 0.3) is 0 Å². The van der Waals surface area contributed by atoms with Gasteiger partial charge in [0.15, 0.2) is 0 Å². The van der Waals surface area contributed by atoms with E-state index in [1.54, 1.807) is 0 Å². The Kier molecular flexibility index (Phi) is 7.64. The normalized spacial score (nSPS) is 15.3. The molecule has 2 nitrogen and oxygen atoms in total. The van der Waals surface area contributed by atoms with Gasteiger partial charge in [-0.1, -0.05) is 110 Å². The molecule has 0 saturated heterocycles. The highest BCUT2D eigenvalue weighted by atomic mass is 29.9. The van der Waals surface area contributed by atoms with Crippen molar-refractivity contribution in [2.75, 3.05) is 0 Å². The van der Waals surface area contributed by atoms with E-state index in [9.17, 15) is 4.79 Å². The molecule has 0 aromatic heterocycles. The predicted molar refractivity (Wildman–Crippen MR) is 135 cm³/mol. The second-order valence-corrected chi connectivity index (χ2v) is 52.0. The summed E-state index contributed by atoms with van der Waals surface area (Å²) < 4.78 is 6.98. The molecule has 1 unspecified atom stereocenters. The van der Waals surface area contributed by atoms with Crippen molar-refractivity contribution in [3.8, 4) is 0 Å². The predicted octanol–water partition coefficient (Wildman–Crippen LogP) is 6.94. The van der Waals surface area contributed by atoms with E-state index >= 15 is 0 Å². The lowest BCUT2D eigenvalue weighted by atomic mass is 9.81. The monoisotopic (exact) mass is 452 g/mol. The van der Waals surface area contributed by atoms with Crippen molar-refractivity contribution in [2.45, 2.75) is 92.0 Å². The summed E-state index contributed by atoms with van der Waals surface area (Å²) >= 11 is 0. The van der Waals surface area contributed by atoms with Crippen molar-refractivity contribution in [2.24, 2.45) is 5.41 Å². The van der Waals surface area contributed by atoms with Gasteiger partial charge in [0.25, 0.3) is 5.97 Å². The van der Waals surface area contributed by atoms with E-state index in [2.05, 4.69) is 91.8 Å². The topological polar surface area (TPSA) is 26.3 Å². The second kappa shape index (κ2) is 8.36. The highest BCUT2D eigenvalue weighted by molar-refractivity contribution is 7.87.